The summed E-state index contributed by atoms with van der Waals surface area (Å²) in [5, 5.41) is 5.66. The van der Waals surface area contributed by atoms with E-state index in [4.69, 9.17) is 9.47 Å². The van der Waals surface area contributed by atoms with Gasteiger partial charge in [-0.2, -0.15) is 0 Å². The Bertz CT molecular complexity index is 1170. The van der Waals surface area contributed by atoms with Gasteiger partial charge in [-0.25, -0.2) is 4.79 Å². The summed E-state index contributed by atoms with van der Waals surface area (Å²) < 4.78 is 15.0. The van der Waals surface area contributed by atoms with E-state index in [1.165, 1.54) is 78.4 Å². The number of para-hydroxylation sites is 1. The van der Waals surface area contributed by atoms with Gasteiger partial charge in [-0.1, -0.05) is 102 Å². The van der Waals surface area contributed by atoms with E-state index >= 15 is 0 Å². The van der Waals surface area contributed by atoms with Gasteiger partial charge in [0.2, 0.25) is 11.8 Å². The molecule has 1 unspecified atom stereocenters. The maximum absolute atomic E-state index is 13.1. The SMILES string of the molecule is CCCCCCCCCCCCCCCC(=O)Nc1ccc(NC(=O)C(Cc2ccccc2OCC(=O)OC)C(=O)OC)cc1. The molecule has 45 heavy (non-hydrogen) atoms. The average Bonchev–Trinajstić information content (AvgIpc) is 3.05. The van der Waals surface area contributed by atoms with Gasteiger partial charge in [0.15, 0.2) is 6.61 Å². The summed E-state index contributed by atoms with van der Waals surface area (Å²) in [4.78, 5) is 49.6. The molecular formula is C36H52N2O7. The number of esters is 2. The molecule has 1 atom stereocenters. The van der Waals surface area contributed by atoms with Gasteiger partial charge in [-0.05, 0) is 48.7 Å². The number of nitrogens with one attached hydrogen (secondary N) is 2. The van der Waals surface area contributed by atoms with Crippen molar-refractivity contribution in [3.05, 3.63) is 54.1 Å². The summed E-state index contributed by atoms with van der Waals surface area (Å²) in [7, 11) is 2.48. The van der Waals surface area contributed by atoms with E-state index in [0.717, 1.165) is 19.3 Å². The lowest BCUT2D eigenvalue weighted by Crippen LogP contribution is -2.32. The zero-order valence-corrected chi connectivity index (χ0v) is 27.4. The van der Waals surface area contributed by atoms with Gasteiger partial charge in [-0.15, -0.1) is 0 Å². The molecule has 0 aliphatic carbocycles. The molecule has 9 nitrogen and oxygen atoms in total. The predicted molar refractivity (Wildman–Crippen MR) is 177 cm³/mol. The fourth-order valence-electron chi connectivity index (χ4n) is 5.05. The molecule has 2 rings (SSSR count). The van der Waals surface area contributed by atoms with Crippen LogP contribution < -0.4 is 15.4 Å². The van der Waals surface area contributed by atoms with Crippen molar-refractivity contribution >= 4 is 35.1 Å². The molecule has 0 heterocycles. The van der Waals surface area contributed by atoms with E-state index in [0.29, 0.717) is 29.1 Å². The van der Waals surface area contributed by atoms with E-state index in [2.05, 4.69) is 22.3 Å². The van der Waals surface area contributed by atoms with Crippen LogP contribution in [0.5, 0.6) is 5.75 Å². The number of ether oxygens (including phenoxy) is 3. The van der Waals surface area contributed by atoms with Crippen LogP contribution in [0.3, 0.4) is 0 Å². The number of hydrogen-bond donors (Lipinski definition) is 2. The second-order valence-corrected chi connectivity index (χ2v) is 11.4. The Balaban J connectivity index is 1.73. The molecule has 2 N–H and O–H groups in total. The summed E-state index contributed by atoms with van der Waals surface area (Å²) in [6.45, 7) is 1.95. The number of carbonyl (C=O) groups excluding carboxylic acids is 4. The fraction of sp³-hybridized carbons (Fsp3) is 0.556. The molecule has 0 aliphatic rings. The lowest BCUT2D eigenvalue weighted by Gasteiger charge is -2.17. The molecule has 248 valence electrons. The third-order valence-corrected chi connectivity index (χ3v) is 7.72. The number of anilines is 2. The monoisotopic (exact) mass is 624 g/mol. The Hall–Kier alpha value is -3.88. The molecule has 2 aromatic carbocycles. The molecule has 0 saturated carbocycles. The Morgan fingerprint density at radius 2 is 1.20 bits per heavy atom. The smallest absolute Gasteiger partial charge is 0.343 e. The van der Waals surface area contributed by atoms with E-state index in [9.17, 15) is 19.2 Å². The van der Waals surface area contributed by atoms with E-state index in [1.807, 2.05) is 0 Å². The first-order chi connectivity index (χ1) is 21.9. The van der Waals surface area contributed by atoms with E-state index < -0.39 is 23.8 Å². The van der Waals surface area contributed by atoms with Crippen molar-refractivity contribution in [1.29, 1.82) is 0 Å². The Morgan fingerprint density at radius 3 is 1.76 bits per heavy atom. The minimum Gasteiger partial charge on any atom is -0.482 e. The first-order valence-corrected chi connectivity index (χ1v) is 16.4. The number of methoxy groups -OCH3 is 2. The van der Waals surface area contributed by atoms with Gasteiger partial charge in [0, 0.05) is 17.8 Å². The summed E-state index contributed by atoms with van der Waals surface area (Å²) >= 11 is 0. The van der Waals surface area contributed by atoms with E-state index in [-0.39, 0.29) is 18.9 Å². The van der Waals surface area contributed by atoms with Crippen LogP contribution in [-0.4, -0.2) is 44.6 Å². The molecule has 0 aliphatic heterocycles. The normalized spacial score (nSPS) is 11.4. The highest BCUT2D eigenvalue weighted by molar-refractivity contribution is 6.05. The van der Waals surface area contributed by atoms with Crippen LogP contribution in [0.4, 0.5) is 11.4 Å². The highest BCUT2D eigenvalue weighted by Crippen LogP contribution is 2.24. The first-order valence-electron chi connectivity index (χ1n) is 16.4. The van der Waals surface area contributed by atoms with Gasteiger partial charge < -0.3 is 24.8 Å². The van der Waals surface area contributed by atoms with Gasteiger partial charge in [0.05, 0.1) is 14.2 Å². The van der Waals surface area contributed by atoms with Gasteiger partial charge in [0.25, 0.3) is 0 Å². The summed E-state index contributed by atoms with van der Waals surface area (Å²) in [6, 6.07) is 13.6. The molecular weight excluding hydrogens is 572 g/mol. The third kappa shape index (κ3) is 15.6. The Morgan fingerprint density at radius 1 is 0.667 bits per heavy atom. The second-order valence-electron chi connectivity index (χ2n) is 11.4. The summed E-state index contributed by atoms with van der Waals surface area (Å²) in [5.74, 6) is -2.63. The molecule has 9 heteroatoms. The molecule has 0 fully saturated rings. The Labute approximate surface area is 268 Å². The van der Waals surface area contributed by atoms with Crippen LogP contribution in [0, 0.1) is 5.92 Å². The zero-order chi connectivity index (χ0) is 32.7. The van der Waals surface area contributed by atoms with Crippen molar-refractivity contribution in [1.82, 2.24) is 0 Å². The van der Waals surface area contributed by atoms with Crippen LogP contribution in [0.2, 0.25) is 0 Å². The zero-order valence-electron chi connectivity index (χ0n) is 27.4. The number of unbranched alkanes of at least 4 members (excludes halogenated alkanes) is 12. The minimum atomic E-state index is -1.16. The van der Waals surface area contributed by atoms with Crippen LogP contribution in [0.1, 0.15) is 102 Å². The van der Waals surface area contributed by atoms with E-state index in [1.54, 1.807) is 48.5 Å². The number of carbonyl (C=O) groups is 4. The van der Waals surface area contributed by atoms with Crippen molar-refractivity contribution in [3.8, 4) is 5.75 Å². The van der Waals surface area contributed by atoms with Crippen LogP contribution >= 0.6 is 0 Å². The number of amides is 2. The standard InChI is InChI=1S/C36H52N2O7/c1-4-5-6-7-8-9-10-11-12-13-14-15-16-21-33(39)37-29-22-24-30(25-23-29)38-35(41)31(36(42)44-3)26-28-19-17-18-20-32(28)45-27-34(40)43-2/h17-20,22-25,31H,4-16,21,26-27H2,1-3H3,(H,37,39)(H,38,41). The summed E-state index contributed by atoms with van der Waals surface area (Å²) in [6.07, 6.45) is 16.9. The van der Waals surface area contributed by atoms with Gasteiger partial charge >= 0.3 is 11.9 Å². The van der Waals surface area contributed by atoms with Crippen molar-refractivity contribution in [3.63, 3.8) is 0 Å². The summed E-state index contributed by atoms with van der Waals surface area (Å²) in [5.41, 5.74) is 1.67. The molecule has 0 spiro atoms. The van der Waals surface area contributed by atoms with Crippen molar-refractivity contribution in [2.24, 2.45) is 5.92 Å². The number of hydrogen-bond acceptors (Lipinski definition) is 7. The Kier molecular flexibility index (Phi) is 18.7. The minimum absolute atomic E-state index is 0.00316. The van der Waals surface area contributed by atoms with Gasteiger partial charge in [0.1, 0.15) is 11.7 Å². The van der Waals surface area contributed by atoms with Gasteiger partial charge in [-0.3, -0.25) is 14.4 Å². The fourth-order valence-corrected chi connectivity index (χ4v) is 5.05. The highest BCUT2D eigenvalue weighted by Gasteiger charge is 2.29. The molecule has 2 aromatic rings. The largest absolute Gasteiger partial charge is 0.482 e. The predicted octanol–water partition coefficient (Wildman–Crippen LogP) is 7.63. The third-order valence-electron chi connectivity index (χ3n) is 7.72. The molecule has 2 amide bonds. The molecule has 0 bridgehead atoms. The topological polar surface area (TPSA) is 120 Å². The quantitative estimate of drug-likeness (QED) is 0.0741. The highest BCUT2D eigenvalue weighted by atomic mass is 16.6. The van der Waals surface area contributed by atoms with Crippen molar-refractivity contribution in [2.45, 2.75) is 103 Å². The molecule has 0 radical (unpaired) electrons. The lowest BCUT2D eigenvalue weighted by molar-refractivity contribution is -0.149. The van der Waals surface area contributed by atoms with Crippen LogP contribution in [0.15, 0.2) is 48.5 Å². The molecule has 0 aromatic heterocycles. The average molecular weight is 625 g/mol. The number of benzene rings is 2. The van der Waals surface area contributed by atoms with Crippen molar-refractivity contribution in [2.75, 3.05) is 31.5 Å². The molecule has 0 saturated heterocycles. The maximum Gasteiger partial charge on any atom is 0.343 e. The maximum atomic E-state index is 13.1. The van der Waals surface area contributed by atoms with Crippen molar-refractivity contribution < 1.29 is 33.4 Å². The number of rotatable bonds is 23. The van der Waals surface area contributed by atoms with Crippen LogP contribution in [-0.2, 0) is 35.1 Å². The first kappa shape index (κ1) is 37.3. The van der Waals surface area contributed by atoms with Crippen LogP contribution in [0.25, 0.3) is 0 Å². The lowest BCUT2D eigenvalue weighted by atomic mass is 9.97. The second kappa shape index (κ2) is 22.6.